The Kier molecular flexibility index (Phi) is 7.70. The van der Waals surface area contributed by atoms with Gasteiger partial charge in [-0.1, -0.05) is 12.5 Å². The van der Waals surface area contributed by atoms with Crippen molar-refractivity contribution in [2.45, 2.75) is 68.8 Å². The molecule has 0 bridgehead atoms. The molecule has 1 aromatic rings. The highest BCUT2D eigenvalue weighted by molar-refractivity contribution is 5.14. The van der Waals surface area contributed by atoms with E-state index < -0.39 is 74.1 Å². The van der Waals surface area contributed by atoms with Gasteiger partial charge in [0.25, 0.3) is 0 Å². The Hall–Kier alpha value is -1.70. The highest BCUT2D eigenvalue weighted by atomic mass is 19.4. The number of rotatable bonds is 6. The molecular formula is C18H19F11N2O. The highest BCUT2D eigenvalue weighted by Gasteiger charge is 2.62. The molecule has 1 aromatic heterocycles. The van der Waals surface area contributed by atoms with Gasteiger partial charge in [-0.15, -0.1) is 0 Å². The molecule has 32 heavy (non-hydrogen) atoms. The Morgan fingerprint density at radius 3 is 2.12 bits per heavy atom. The monoisotopic (exact) mass is 488 g/mol. The summed E-state index contributed by atoms with van der Waals surface area (Å²) in [6.07, 6.45) is -20.5. The Morgan fingerprint density at radius 2 is 1.59 bits per heavy atom. The number of aromatic nitrogens is 1. The molecule has 3 atom stereocenters. The van der Waals surface area contributed by atoms with Crippen molar-refractivity contribution in [3.8, 4) is 0 Å². The molecule has 14 heteroatoms. The first-order valence-corrected chi connectivity index (χ1v) is 9.39. The van der Waals surface area contributed by atoms with Crippen LogP contribution in [-0.2, 0) is 12.7 Å². The predicted molar refractivity (Wildman–Crippen MR) is 88.5 cm³/mol. The first-order chi connectivity index (χ1) is 14.4. The fraction of sp³-hybridized carbons (Fsp3) is 0.722. The molecule has 0 saturated heterocycles. The summed E-state index contributed by atoms with van der Waals surface area (Å²) in [5.41, 5.74) is -1.73. The average molecular weight is 488 g/mol. The van der Waals surface area contributed by atoms with Crippen molar-refractivity contribution in [3.05, 3.63) is 29.6 Å². The van der Waals surface area contributed by atoms with Crippen LogP contribution in [0.5, 0.6) is 0 Å². The van der Waals surface area contributed by atoms with Crippen LogP contribution in [-0.4, -0.2) is 52.0 Å². The summed E-state index contributed by atoms with van der Waals surface area (Å²) < 4.78 is 143. The molecule has 1 saturated carbocycles. The fourth-order valence-corrected chi connectivity index (χ4v) is 3.66. The van der Waals surface area contributed by atoms with Gasteiger partial charge < -0.3 is 5.11 Å². The van der Waals surface area contributed by atoms with E-state index in [1.54, 1.807) is 0 Å². The van der Waals surface area contributed by atoms with Gasteiger partial charge in [0, 0.05) is 25.0 Å². The maximum absolute atomic E-state index is 13.8. The molecule has 0 aromatic carbocycles. The second-order valence-corrected chi connectivity index (χ2v) is 7.64. The van der Waals surface area contributed by atoms with Crippen LogP contribution in [0.4, 0.5) is 48.3 Å². The average Bonchev–Trinajstić information content (AvgIpc) is 2.65. The smallest absolute Gasteiger partial charge is 0.382 e. The predicted octanol–water partition coefficient (Wildman–Crippen LogP) is 5.58. The van der Waals surface area contributed by atoms with Crippen molar-refractivity contribution in [2.24, 2.45) is 5.92 Å². The summed E-state index contributed by atoms with van der Waals surface area (Å²) in [7, 11) is 0. The number of halogens is 11. The third-order valence-electron chi connectivity index (χ3n) is 5.30. The number of hydrogen-bond donors (Lipinski definition) is 1. The lowest BCUT2D eigenvalue weighted by molar-refractivity contribution is -0.307. The van der Waals surface area contributed by atoms with Gasteiger partial charge in [-0.2, -0.15) is 48.3 Å². The van der Waals surface area contributed by atoms with Gasteiger partial charge in [-0.3, -0.25) is 4.90 Å². The number of nitrogens with zero attached hydrogens (tertiary/aromatic N) is 2. The van der Waals surface area contributed by atoms with Crippen molar-refractivity contribution in [1.29, 1.82) is 0 Å². The van der Waals surface area contributed by atoms with Crippen molar-refractivity contribution in [2.75, 3.05) is 6.54 Å². The van der Waals surface area contributed by atoms with E-state index >= 15 is 0 Å². The molecule has 0 amide bonds. The van der Waals surface area contributed by atoms with Gasteiger partial charge in [0.05, 0.1) is 5.69 Å². The highest BCUT2D eigenvalue weighted by Crippen LogP contribution is 2.47. The normalized spacial score (nSPS) is 22.3. The molecule has 0 spiro atoms. The largest absolute Gasteiger partial charge is 0.453 e. The van der Waals surface area contributed by atoms with Gasteiger partial charge in [0.1, 0.15) is 5.69 Å². The van der Waals surface area contributed by atoms with E-state index in [4.69, 9.17) is 0 Å². The van der Waals surface area contributed by atoms with Crippen LogP contribution in [0.25, 0.3) is 0 Å². The summed E-state index contributed by atoms with van der Waals surface area (Å²) in [6, 6.07) is 1.33. The zero-order valence-electron chi connectivity index (χ0n) is 16.2. The standard InChI is InChI=1S/C18H19F11N2O/c19-15(20,18(27,28)29)10-3-1-5-12(7-10)31(9-14(32)17(24,25)26)8-11-4-2-6-13(30-11)16(21,22)23/h2,4,6,10,12,14,32H,1,3,5,7-9H2. The lowest BCUT2D eigenvalue weighted by Crippen LogP contribution is -2.51. The number of aliphatic hydroxyl groups is 1. The summed E-state index contributed by atoms with van der Waals surface area (Å²) in [6.45, 7) is -1.94. The Balaban J connectivity index is 2.31. The second-order valence-electron chi connectivity index (χ2n) is 7.64. The quantitative estimate of drug-likeness (QED) is 0.532. The zero-order valence-corrected chi connectivity index (χ0v) is 16.2. The summed E-state index contributed by atoms with van der Waals surface area (Å²) in [5.74, 6) is -7.31. The van der Waals surface area contributed by atoms with Gasteiger partial charge in [-0.05, 0) is 31.4 Å². The van der Waals surface area contributed by atoms with Crippen molar-refractivity contribution in [3.63, 3.8) is 0 Å². The van der Waals surface area contributed by atoms with Gasteiger partial charge >= 0.3 is 24.5 Å². The van der Waals surface area contributed by atoms with E-state index in [0.717, 1.165) is 17.0 Å². The Morgan fingerprint density at radius 1 is 0.969 bits per heavy atom. The molecule has 1 aliphatic rings. The first kappa shape index (κ1) is 26.6. The van der Waals surface area contributed by atoms with Crippen LogP contribution in [0.2, 0.25) is 0 Å². The van der Waals surface area contributed by atoms with E-state index in [0.29, 0.717) is 6.07 Å². The maximum Gasteiger partial charge on any atom is 0.453 e. The van der Waals surface area contributed by atoms with Crippen LogP contribution in [0.1, 0.15) is 37.1 Å². The van der Waals surface area contributed by atoms with E-state index in [9.17, 15) is 53.4 Å². The fourth-order valence-electron chi connectivity index (χ4n) is 3.66. The number of pyridine rings is 1. The maximum atomic E-state index is 13.8. The van der Waals surface area contributed by atoms with Gasteiger partial charge in [-0.25, -0.2) is 4.98 Å². The summed E-state index contributed by atoms with van der Waals surface area (Å²) >= 11 is 0. The minimum absolute atomic E-state index is 0.0754. The van der Waals surface area contributed by atoms with Crippen LogP contribution < -0.4 is 0 Å². The molecule has 184 valence electrons. The summed E-state index contributed by atoms with van der Waals surface area (Å²) in [5, 5.41) is 9.41. The molecule has 3 nitrogen and oxygen atoms in total. The van der Waals surface area contributed by atoms with Crippen LogP contribution in [0, 0.1) is 5.92 Å². The molecule has 3 unspecified atom stereocenters. The molecule has 0 radical (unpaired) electrons. The van der Waals surface area contributed by atoms with Gasteiger partial charge in [0.15, 0.2) is 6.10 Å². The molecule has 2 rings (SSSR count). The van der Waals surface area contributed by atoms with E-state index in [2.05, 4.69) is 4.98 Å². The van der Waals surface area contributed by atoms with Crippen LogP contribution >= 0.6 is 0 Å². The minimum Gasteiger partial charge on any atom is -0.382 e. The number of alkyl halides is 11. The van der Waals surface area contributed by atoms with Crippen molar-refractivity contribution >= 4 is 0 Å². The molecular weight excluding hydrogens is 469 g/mol. The third-order valence-corrected chi connectivity index (χ3v) is 5.30. The van der Waals surface area contributed by atoms with E-state index in [1.165, 1.54) is 0 Å². The lowest BCUT2D eigenvalue weighted by atomic mass is 9.80. The van der Waals surface area contributed by atoms with Gasteiger partial charge in [0.2, 0.25) is 0 Å². The number of aliphatic hydroxyl groups excluding tert-OH is 1. The number of hydrogen-bond acceptors (Lipinski definition) is 3. The molecule has 1 N–H and O–H groups in total. The zero-order chi connectivity index (χ0) is 24.5. The minimum atomic E-state index is -5.86. The second kappa shape index (κ2) is 9.27. The Labute approximate surface area is 175 Å². The van der Waals surface area contributed by atoms with Crippen molar-refractivity contribution in [1.82, 2.24) is 9.88 Å². The van der Waals surface area contributed by atoms with Crippen LogP contribution in [0.3, 0.4) is 0 Å². The molecule has 0 aliphatic heterocycles. The van der Waals surface area contributed by atoms with Crippen LogP contribution in [0.15, 0.2) is 18.2 Å². The summed E-state index contributed by atoms with van der Waals surface area (Å²) in [4.78, 5) is 4.06. The van der Waals surface area contributed by atoms with Crippen molar-refractivity contribution < 1.29 is 53.4 Å². The SMILES string of the molecule is OC(CN(Cc1cccc(C(F)(F)F)n1)C1CCCC(C(F)(F)C(F)(F)F)C1)C(F)(F)F. The van der Waals surface area contributed by atoms with E-state index in [-0.39, 0.29) is 18.5 Å². The first-order valence-electron chi connectivity index (χ1n) is 9.39. The lowest BCUT2D eigenvalue weighted by Gasteiger charge is -2.41. The topological polar surface area (TPSA) is 36.4 Å². The van der Waals surface area contributed by atoms with E-state index in [1.807, 2.05) is 0 Å². The molecule has 1 fully saturated rings. The third kappa shape index (κ3) is 6.42. The Bertz CT molecular complexity index is 761. The molecule has 1 aliphatic carbocycles. The molecule has 1 heterocycles.